The van der Waals surface area contributed by atoms with Gasteiger partial charge in [-0.25, -0.2) is 0 Å². The van der Waals surface area contributed by atoms with Gasteiger partial charge in [0.15, 0.2) is 5.82 Å². The van der Waals surface area contributed by atoms with Gasteiger partial charge < -0.3 is 4.52 Å². The van der Waals surface area contributed by atoms with Crippen LogP contribution in [0.4, 0.5) is 5.69 Å². The molecule has 0 fully saturated rings. The number of rotatable bonds is 4. The van der Waals surface area contributed by atoms with Crippen LogP contribution in [-0.4, -0.2) is 15.1 Å². The number of alkyl halides is 1. The van der Waals surface area contributed by atoms with E-state index in [2.05, 4.69) is 10.1 Å². The van der Waals surface area contributed by atoms with Gasteiger partial charge in [0.2, 0.25) is 0 Å². The van der Waals surface area contributed by atoms with Crippen molar-refractivity contribution in [1.29, 1.82) is 0 Å². The van der Waals surface area contributed by atoms with Crippen LogP contribution in [0.1, 0.15) is 24.5 Å². The van der Waals surface area contributed by atoms with E-state index in [4.69, 9.17) is 27.7 Å². The zero-order valence-corrected chi connectivity index (χ0v) is 11.4. The second-order valence-electron chi connectivity index (χ2n) is 3.75. The molecule has 0 radical (unpaired) electrons. The average Bonchev–Trinajstić information content (AvgIpc) is 2.87. The molecule has 100 valence electrons. The first-order valence-electron chi connectivity index (χ1n) is 5.45. The number of nitro groups is 1. The first kappa shape index (κ1) is 13.8. The normalized spacial score (nSPS) is 12.4. The number of nitrogens with zero attached hydrogens (tertiary/aromatic N) is 3. The quantitative estimate of drug-likeness (QED) is 0.484. The summed E-state index contributed by atoms with van der Waals surface area (Å²) in [4.78, 5) is 14.5. The van der Waals surface area contributed by atoms with E-state index >= 15 is 0 Å². The van der Waals surface area contributed by atoms with Gasteiger partial charge >= 0.3 is 0 Å². The summed E-state index contributed by atoms with van der Waals surface area (Å²) >= 11 is 11.7. The molecule has 0 bridgehead atoms. The molecule has 0 aliphatic carbocycles. The molecule has 19 heavy (non-hydrogen) atoms. The molecule has 1 unspecified atom stereocenters. The van der Waals surface area contributed by atoms with Crippen molar-refractivity contribution in [3.05, 3.63) is 39.2 Å². The summed E-state index contributed by atoms with van der Waals surface area (Å²) in [7, 11) is 0. The fourth-order valence-corrected chi connectivity index (χ4v) is 1.75. The van der Waals surface area contributed by atoms with E-state index in [9.17, 15) is 10.1 Å². The Bertz CT molecular complexity index is 615. The second-order valence-corrected chi connectivity index (χ2v) is 4.72. The lowest BCUT2D eigenvalue weighted by Gasteiger charge is -1.98. The van der Waals surface area contributed by atoms with Crippen LogP contribution in [0.5, 0.6) is 0 Å². The lowest BCUT2D eigenvalue weighted by Crippen LogP contribution is -1.93. The van der Waals surface area contributed by atoms with Gasteiger partial charge in [-0.2, -0.15) is 4.98 Å². The third-order valence-electron chi connectivity index (χ3n) is 2.47. The summed E-state index contributed by atoms with van der Waals surface area (Å²) < 4.78 is 5.01. The lowest BCUT2D eigenvalue weighted by atomic mass is 10.2. The van der Waals surface area contributed by atoms with Crippen molar-refractivity contribution in [1.82, 2.24) is 10.1 Å². The van der Waals surface area contributed by atoms with E-state index in [0.717, 1.165) is 0 Å². The Balaban J connectivity index is 2.47. The molecule has 2 aromatic rings. The predicted molar refractivity (Wildman–Crippen MR) is 70.3 cm³/mol. The molecule has 1 atom stereocenters. The SMILES string of the molecule is CCC(Cl)c1noc(-c2ccc(Cl)cc2[N+](=O)[O-])n1. The Hall–Kier alpha value is -1.66. The molecule has 0 N–H and O–H groups in total. The van der Waals surface area contributed by atoms with Gasteiger partial charge in [-0.3, -0.25) is 10.1 Å². The van der Waals surface area contributed by atoms with Gasteiger partial charge in [-0.15, -0.1) is 11.6 Å². The Morgan fingerprint density at radius 2 is 2.26 bits per heavy atom. The van der Waals surface area contributed by atoms with Crippen LogP contribution in [0, 0.1) is 10.1 Å². The zero-order chi connectivity index (χ0) is 14.0. The minimum absolute atomic E-state index is 0.0532. The fraction of sp³-hybridized carbons (Fsp3) is 0.273. The topological polar surface area (TPSA) is 82.1 Å². The fourth-order valence-electron chi connectivity index (χ4n) is 1.49. The number of hydrogen-bond donors (Lipinski definition) is 0. The first-order chi connectivity index (χ1) is 9.02. The molecular formula is C11H9Cl2N3O3. The third-order valence-corrected chi connectivity index (χ3v) is 3.21. The van der Waals surface area contributed by atoms with E-state index < -0.39 is 4.92 Å². The van der Waals surface area contributed by atoms with Crippen molar-refractivity contribution in [2.45, 2.75) is 18.7 Å². The van der Waals surface area contributed by atoms with Crippen molar-refractivity contribution < 1.29 is 9.45 Å². The smallest absolute Gasteiger partial charge is 0.283 e. The largest absolute Gasteiger partial charge is 0.334 e. The summed E-state index contributed by atoms with van der Waals surface area (Å²) in [6.07, 6.45) is 0.628. The minimum Gasteiger partial charge on any atom is -0.334 e. The van der Waals surface area contributed by atoms with Gasteiger partial charge in [0.25, 0.3) is 11.6 Å². The van der Waals surface area contributed by atoms with Crippen LogP contribution in [0.2, 0.25) is 5.02 Å². The molecule has 0 spiro atoms. The molecule has 0 saturated carbocycles. The Morgan fingerprint density at radius 3 is 2.89 bits per heavy atom. The van der Waals surface area contributed by atoms with Crippen molar-refractivity contribution in [3.63, 3.8) is 0 Å². The molecule has 0 aliphatic rings. The molecular weight excluding hydrogens is 293 g/mol. The van der Waals surface area contributed by atoms with E-state index in [1.54, 1.807) is 0 Å². The highest BCUT2D eigenvalue weighted by atomic mass is 35.5. The first-order valence-corrected chi connectivity index (χ1v) is 6.26. The van der Waals surface area contributed by atoms with E-state index in [1.807, 2.05) is 6.92 Å². The molecule has 1 aromatic carbocycles. The van der Waals surface area contributed by atoms with Crippen molar-refractivity contribution in [2.24, 2.45) is 0 Å². The maximum Gasteiger partial charge on any atom is 0.283 e. The molecule has 0 saturated heterocycles. The van der Waals surface area contributed by atoms with Crippen LogP contribution in [-0.2, 0) is 0 Å². The summed E-state index contributed by atoms with van der Waals surface area (Å²) in [5.41, 5.74) is 0.0263. The van der Waals surface area contributed by atoms with Crippen molar-refractivity contribution >= 4 is 28.9 Å². The Kier molecular flexibility index (Phi) is 4.01. The summed E-state index contributed by atoms with van der Waals surface area (Å²) in [6.45, 7) is 1.87. The standard InChI is InChI=1S/C11H9Cl2N3O3/c1-2-8(13)10-14-11(19-15-10)7-4-3-6(12)5-9(7)16(17)18/h3-5,8H,2H2,1H3. The second kappa shape index (κ2) is 5.54. The number of hydrogen-bond acceptors (Lipinski definition) is 5. The van der Waals surface area contributed by atoms with Crippen LogP contribution in [0.15, 0.2) is 22.7 Å². The van der Waals surface area contributed by atoms with Crippen LogP contribution in [0.3, 0.4) is 0 Å². The summed E-state index contributed by atoms with van der Waals surface area (Å²) in [6, 6.07) is 4.22. The molecule has 6 nitrogen and oxygen atoms in total. The third kappa shape index (κ3) is 2.85. The predicted octanol–water partition coefficient (Wildman–Crippen LogP) is 3.99. The van der Waals surface area contributed by atoms with Crippen LogP contribution >= 0.6 is 23.2 Å². The van der Waals surface area contributed by atoms with Gasteiger partial charge in [0, 0.05) is 11.1 Å². The molecule has 1 aromatic heterocycles. The van der Waals surface area contributed by atoms with Crippen molar-refractivity contribution in [3.8, 4) is 11.5 Å². The highest BCUT2D eigenvalue weighted by molar-refractivity contribution is 6.30. The van der Waals surface area contributed by atoms with Gasteiger partial charge in [0.05, 0.1) is 10.3 Å². The Labute approximate surface area is 118 Å². The highest BCUT2D eigenvalue weighted by Crippen LogP contribution is 2.32. The van der Waals surface area contributed by atoms with E-state index in [-0.39, 0.29) is 27.5 Å². The summed E-state index contributed by atoms with van der Waals surface area (Å²) in [5.74, 6) is 0.362. The maximum atomic E-state index is 11.0. The molecule has 1 heterocycles. The van der Waals surface area contributed by atoms with Gasteiger partial charge in [-0.1, -0.05) is 23.7 Å². The number of aromatic nitrogens is 2. The molecule has 2 rings (SSSR count). The molecule has 0 aliphatic heterocycles. The monoisotopic (exact) mass is 301 g/mol. The molecule has 8 heteroatoms. The molecule has 0 amide bonds. The number of benzene rings is 1. The summed E-state index contributed by atoms with van der Waals surface area (Å²) in [5, 5.41) is 14.6. The van der Waals surface area contributed by atoms with Crippen molar-refractivity contribution in [2.75, 3.05) is 0 Å². The number of halogens is 2. The van der Waals surface area contributed by atoms with Crippen LogP contribution in [0.25, 0.3) is 11.5 Å². The number of nitro benzene ring substituents is 1. The van der Waals surface area contributed by atoms with Gasteiger partial charge in [0.1, 0.15) is 5.56 Å². The Morgan fingerprint density at radius 1 is 1.53 bits per heavy atom. The maximum absolute atomic E-state index is 11.0. The van der Waals surface area contributed by atoms with E-state index in [1.165, 1.54) is 18.2 Å². The zero-order valence-electron chi connectivity index (χ0n) is 9.84. The lowest BCUT2D eigenvalue weighted by molar-refractivity contribution is -0.384. The minimum atomic E-state index is -0.552. The van der Waals surface area contributed by atoms with E-state index in [0.29, 0.717) is 12.2 Å². The average molecular weight is 302 g/mol. The van der Waals surface area contributed by atoms with Gasteiger partial charge in [-0.05, 0) is 18.6 Å². The highest BCUT2D eigenvalue weighted by Gasteiger charge is 2.22. The van der Waals surface area contributed by atoms with Crippen LogP contribution < -0.4 is 0 Å².